The molecule has 2 aromatic carbocycles. The highest BCUT2D eigenvalue weighted by molar-refractivity contribution is 7.90. The molecular formula is C18H21N5O10S2. The van der Waals surface area contributed by atoms with E-state index in [1.807, 2.05) is 0 Å². The van der Waals surface area contributed by atoms with Crippen LogP contribution in [0.3, 0.4) is 0 Å². The Morgan fingerprint density at radius 2 is 1.17 bits per heavy atom. The Morgan fingerprint density at radius 1 is 0.800 bits per heavy atom. The Bertz CT molecular complexity index is 1220. The number of para-hydroxylation sites is 2. The second-order valence-electron chi connectivity index (χ2n) is 6.92. The van der Waals surface area contributed by atoms with Crippen molar-refractivity contribution in [3.8, 4) is 0 Å². The number of nitrogens with zero attached hydrogens (tertiary/aromatic N) is 3. The lowest BCUT2D eigenvalue weighted by molar-refractivity contribution is -0.388. The largest absolute Gasteiger partial charge is 0.480 e. The van der Waals surface area contributed by atoms with Gasteiger partial charge in [0.2, 0.25) is 20.0 Å². The molecule has 0 saturated heterocycles. The van der Waals surface area contributed by atoms with Crippen molar-refractivity contribution in [3.05, 3.63) is 68.8 Å². The van der Waals surface area contributed by atoms with Crippen LogP contribution in [0, 0.1) is 20.2 Å². The van der Waals surface area contributed by atoms with E-state index in [9.17, 15) is 41.9 Å². The third-order valence-electron chi connectivity index (χ3n) is 4.50. The van der Waals surface area contributed by atoms with E-state index in [0.717, 1.165) is 24.3 Å². The number of benzene rings is 2. The van der Waals surface area contributed by atoms with Gasteiger partial charge >= 0.3 is 5.97 Å². The van der Waals surface area contributed by atoms with E-state index in [2.05, 4.69) is 9.44 Å². The second-order valence-corrected chi connectivity index (χ2v) is 10.4. The lowest BCUT2D eigenvalue weighted by Crippen LogP contribution is -2.41. The molecule has 2 aromatic rings. The van der Waals surface area contributed by atoms with Crippen molar-refractivity contribution >= 4 is 37.4 Å². The zero-order valence-corrected chi connectivity index (χ0v) is 19.6. The van der Waals surface area contributed by atoms with Crippen molar-refractivity contribution in [1.29, 1.82) is 0 Å². The van der Waals surface area contributed by atoms with E-state index in [0.29, 0.717) is 0 Å². The van der Waals surface area contributed by atoms with Gasteiger partial charge in [0.15, 0.2) is 9.79 Å². The lowest BCUT2D eigenvalue weighted by Gasteiger charge is -2.20. The number of carboxylic acids is 1. The van der Waals surface area contributed by atoms with Crippen LogP contribution in [0.1, 0.15) is 0 Å². The summed E-state index contributed by atoms with van der Waals surface area (Å²) in [4.78, 5) is 31.7. The summed E-state index contributed by atoms with van der Waals surface area (Å²) in [6.45, 7) is -1.60. The van der Waals surface area contributed by atoms with Gasteiger partial charge in [-0.25, -0.2) is 26.3 Å². The molecular weight excluding hydrogens is 510 g/mol. The van der Waals surface area contributed by atoms with E-state index in [1.54, 1.807) is 0 Å². The van der Waals surface area contributed by atoms with Gasteiger partial charge in [0, 0.05) is 38.3 Å². The number of aliphatic carboxylic acids is 1. The first-order chi connectivity index (χ1) is 16.3. The number of sulfonamides is 2. The highest BCUT2D eigenvalue weighted by atomic mass is 32.2. The smallest absolute Gasteiger partial charge is 0.317 e. The first-order valence-corrected chi connectivity index (χ1v) is 12.7. The number of carboxylic acid groups (broad SMARTS) is 1. The number of rotatable bonds is 14. The number of hydrogen-bond donors (Lipinski definition) is 3. The van der Waals surface area contributed by atoms with Gasteiger partial charge < -0.3 is 5.11 Å². The topological polar surface area (TPSA) is 219 Å². The molecule has 0 aliphatic rings. The van der Waals surface area contributed by atoms with Gasteiger partial charge in [0.25, 0.3) is 11.4 Å². The van der Waals surface area contributed by atoms with Gasteiger partial charge in [0.05, 0.1) is 16.4 Å². The SMILES string of the molecule is O=C(O)CN(CCNS(=O)(=O)c1ccccc1[N+](=O)[O-])CCNS(=O)(=O)c1ccccc1[N+](=O)[O-]. The van der Waals surface area contributed by atoms with Gasteiger partial charge in [-0.05, 0) is 12.1 Å². The summed E-state index contributed by atoms with van der Waals surface area (Å²) in [7, 11) is -8.59. The molecule has 190 valence electrons. The molecule has 0 radical (unpaired) electrons. The van der Waals surface area contributed by atoms with Crippen molar-refractivity contribution in [3.63, 3.8) is 0 Å². The zero-order chi connectivity index (χ0) is 26.2. The van der Waals surface area contributed by atoms with Crippen molar-refractivity contribution in [1.82, 2.24) is 14.3 Å². The maximum absolute atomic E-state index is 12.5. The fraction of sp³-hybridized carbons (Fsp3) is 0.278. The molecule has 2 rings (SSSR count). The van der Waals surface area contributed by atoms with Crippen molar-refractivity contribution in [2.75, 3.05) is 32.7 Å². The van der Waals surface area contributed by atoms with Crippen molar-refractivity contribution in [2.45, 2.75) is 9.79 Å². The van der Waals surface area contributed by atoms with Crippen LogP contribution in [-0.4, -0.2) is 75.4 Å². The zero-order valence-electron chi connectivity index (χ0n) is 17.9. The van der Waals surface area contributed by atoms with E-state index >= 15 is 0 Å². The standard InChI is InChI=1S/C18H21N5O10S2/c24-18(25)13-21(11-9-19-34(30,31)16-7-3-1-5-14(16)22(26)27)12-10-20-35(32,33)17-8-4-2-6-15(17)23(28)29/h1-8,19-20H,9-13H2,(H,24,25). The predicted molar refractivity (Wildman–Crippen MR) is 121 cm³/mol. The first kappa shape index (κ1) is 27.7. The Balaban J connectivity index is 2.03. The van der Waals surface area contributed by atoms with Gasteiger partial charge in [-0.3, -0.25) is 29.9 Å². The molecule has 15 nitrogen and oxygen atoms in total. The Morgan fingerprint density at radius 3 is 1.51 bits per heavy atom. The molecule has 0 unspecified atom stereocenters. The molecule has 0 aliphatic carbocycles. The molecule has 0 atom stereocenters. The third-order valence-corrected chi connectivity index (χ3v) is 7.52. The molecule has 17 heteroatoms. The van der Waals surface area contributed by atoms with Crippen LogP contribution in [0.5, 0.6) is 0 Å². The summed E-state index contributed by atoms with van der Waals surface area (Å²) in [5.41, 5.74) is -1.27. The van der Waals surface area contributed by atoms with Crippen LogP contribution in [0.25, 0.3) is 0 Å². The third kappa shape index (κ3) is 7.76. The second kappa shape index (κ2) is 11.8. The van der Waals surface area contributed by atoms with Crippen LogP contribution < -0.4 is 9.44 Å². The lowest BCUT2D eigenvalue weighted by atomic mass is 10.3. The fourth-order valence-corrected chi connectivity index (χ4v) is 5.35. The average Bonchev–Trinajstić information content (AvgIpc) is 2.78. The van der Waals surface area contributed by atoms with E-state index in [-0.39, 0.29) is 26.2 Å². The molecule has 35 heavy (non-hydrogen) atoms. The molecule has 3 N–H and O–H groups in total. The molecule has 0 amide bonds. The van der Waals surface area contributed by atoms with Crippen LogP contribution >= 0.6 is 0 Å². The van der Waals surface area contributed by atoms with Gasteiger partial charge in [-0.15, -0.1) is 0 Å². The fourth-order valence-electron chi connectivity index (χ4n) is 2.96. The summed E-state index contributed by atoms with van der Waals surface area (Å²) < 4.78 is 54.1. The molecule has 0 aliphatic heterocycles. The molecule has 0 fully saturated rings. The number of carbonyl (C=O) groups is 1. The van der Waals surface area contributed by atoms with Crippen LogP contribution in [0.4, 0.5) is 11.4 Å². The summed E-state index contributed by atoms with van der Waals surface area (Å²) >= 11 is 0. The summed E-state index contributed by atoms with van der Waals surface area (Å²) in [5, 5.41) is 31.2. The van der Waals surface area contributed by atoms with Crippen molar-refractivity contribution < 1.29 is 36.6 Å². The van der Waals surface area contributed by atoms with Crippen LogP contribution in [-0.2, 0) is 24.8 Å². The van der Waals surface area contributed by atoms with Crippen molar-refractivity contribution in [2.24, 2.45) is 0 Å². The predicted octanol–water partition coefficient (Wildman–Crippen LogP) is 0.146. The molecule has 0 saturated carbocycles. The Labute approximate surface area is 199 Å². The van der Waals surface area contributed by atoms with Gasteiger partial charge in [-0.1, -0.05) is 24.3 Å². The maximum Gasteiger partial charge on any atom is 0.317 e. The molecule has 0 aromatic heterocycles. The molecule has 0 bridgehead atoms. The van der Waals surface area contributed by atoms with Gasteiger partial charge in [-0.2, -0.15) is 0 Å². The monoisotopic (exact) mass is 531 g/mol. The minimum absolute atomic E-state index is 0.181. The summed E-state index contributed by atoms with van der Waals surface area (Å²) in [5.74, 6) is -1.27. The number of nitro groups is 2. The van der Waals surface area contributed by atoms with E-state index < -0.39 is 63.6 Å². The first-order valence-electron chi connectivity index (χ1n) is 9.75. The molecule has 0 spiro atoms. The van der Waals surface area contributed by atoms with Crippen LogP contribution in [0.15, 0.2) is 58.3 Å². The van der Waals surface area contributed by atoms with Gasteiger partial charge in [0.1, 0.15) is 0 Å². The average molecular weight is 532 g/mol. The minimum atomic E-state index is -4.29. The summed E-state index contributed by atoms with van der Waals surface area (Å²) in [6, 6.07) is 9.36. The quantitative estimate of drug-likeness (QED) is 0.220. The van der Waals surface area contributed by atoms with Crippen LogP contribution in [0.2, 0.25) is 0 Å². The van der Waals surface area contributed by atoms with E-state index in [4.69, 9.17) is 5.11 Å². The highest BCUT2D eigenvalue weighted by Gasteiger charge is 2.26. The molecule has 0 heterocycles. The Hall–Kier alpha value is -3.51. The number of hydrogen-bond acceptors (Lipinski definition) is 10. The summed E-state index contributed by atoms with van der Waals surface area (Å²) in [6.07, 6.45) is 0. The number of nitrogens with one attached hydrogen (secondary N) is 2. The minimum Gasteiger partial charge on any atom is -0.480 e. The Kier molecular flexibility index (Phi) is 9.32. The maximum atomic E-state index is 12.5. The number of nitro benzene ring substituents is 2. The van der Waals surface area contributed by atoms with E-state index in [1.165, 1.54) is 29.2 Å². The normalized spacial score (nSPS) is 11.9. The highest BCUT2D eigenvalue weighted by Crippen LogP contribution is 2.23.